The maximum atomic E-state index is 9.69. The third-order valence-corrected chi connectivity index (χ3v) is 4.89. The van der Waals surface area contributed by atoms with Crippen molar-refractivity contribution in [2.24, 2.45) is 34.8 Å². The van der Waals surface area contributed by atoms with Gasteiger partial charge in [0.1, 0.15) is 6.07 Å². The fourth-order valence-corrected chi connectivity index (χ4v) is 3.98. The number of hydrogen-bond donors (Lipinski definition) is 1. The normalized spacial score (nSPS) is 30.7. The van der Waals surface area contributed by atoms with Crippen molar-refractivity contribution in [1.82, 2.24) is 0 Å². The van der Waals surface area contributed by atoms with Crippen LogP contribution in [0.25, 0.3) is 0 Å². The molecule has 0 saturated carbocycles. The molecule has 0 spiro atoms. The van der Waals surface area contributed by atoms with Crippen LogP contribution in [0, 0.1) is 63.1 Å². The zero-order chi connectivity index (χ0) is 15.8. The van der Waals surface area contributed by atoms with Crippen molar-refractivity contribution in [2.45, 2.75) is 33.6 Å². The highest BCUT2D eigenvalue weighted by atomic mass is 14.7. The van der Waals surface area contributed by atoms with Gasteiger partial charge in [-0.25, -0.2) is 0 Å². The minimum absolute atomic E-state index is 0.0648. The van der Waals surface area contributed by atoms with Crippen LogP contribution in [0.4, 0.5) is 0 Å². The molecule has 2 rings (SSSR count). The lowest BCUT2D eigenvalue weighted by molar-refractivity contribution is 0.158. The van der Waals surface area contributed by atoms with Crippen LogP contribution in [0.1, 0.15) is 33.6 Å². The average Bonchev–Trinajstić information content (AvgIpc) is 2.46. The Hall–Kier alpha value is -2.25. The van der Waals surface area contributed by atoms with Gasteiger partial charge in [0.2, 0.25) is 0 Å². The van der Waals surface area contributed by atoms with E-state index < -0.39 is 5.41 Å². The third kappa shape index (κ3) is 2.01. The molecule has 3 unspecified atom stereocenters. The van der Waals surface area contributed by atoms with Gasteiger partial charge in [-0.3, -0.25) is 0 Å². The lowest BCUT2D eigenvalue weighted by atomic mass is 9.55. The summed E-state index contributed by atoms with van der Waals surface area (Å²) >= 11 is 0. The fourth-order valence-electron chi connectivity index (χ4n) is 3.98. The summed E-state index contributed by atoms with van der Waals surface area (Å²) in [7, 11) is 0. The first-order valence-electron chi connectivity index (χ1n) is 7.36. The van der Waals surface area contributed by atoms with Crippen LogP contribution in [0.15, 0.2) is 22.9 Å². The second-order valence-corrected chi connectivity index (χ2v) is 6.54. The molecule has 2 aliphatic rings. The van der Waals surface area contributed by atoms with E-state index in [1.54, 1.807) is 0 Å². The molecule has 3 atom stereocenters. The Balaban J connectivity index is 2.77. The number of hydrogen-bond acceptors (Lipinski definition) is 4. The van der Waals surface area contributed by atoms with E-state index in [2.05, 4.69) is 31.2 Å². The van der Waals surface area contributed by atoms with E-state index in [0.29, 0.717) is 11.5 Å². The molecule has 0 bridgehead atoms. The Morgan fingerprint density at radius 1 is 1.29 bits per heavy atom. The molecule has 2 aliphatic carbocycles. The maximum Gasteiger partial charge on any atom is 0.187 e. The van der Waals surface area contributed by atoms with Crippen LogP contribution in [0.5, 0.6) is 0 Å². The molecule has 0 fully saturated rings. The fraction of sp³-hybridized carbons (Fsp3) is 0.588. The zero-order valence-corrected chi connectivity index (χ0v) is 12.7. The summed E-state index contributed by atoms with van der Waals surface area (Å²) in [6.45, 7) is 6.21. The van der Waals surface area contributed by atoms with E-state index in [-0.39, 0.29) is 23.5 Å². The summed E-state index contributed by atoms with van der Waals surface area (Å²) in [4.78, 5) is 0. The largest absolute Gasteiger partial charge is 0.399 e. The van der Waals surface area contributed by atoms with Gasteiger partial charge in [0, 0.05) is 5.92 Å². The molecule has 2 N–H and O–H groups in total. The van der Waals surface area contributed by atoms with E-state index in [9.17, 15) is 15.8 Å². The Bertz CT molecular complexity index is 619. The molecule has 0 saturated heterocycles. The van der Waals surface area contributed by atoms with Crippen molar-refractivity contribution in [2.75, 3.05) is 0 Å². The predicted octanol–water partition coefficient (Wildman–Crippen LogP) is 3.01. The molecule has 0 aromatic carbocycles. The minimum Gasteiger partial charge on any atom is -0.399 e. The van der Waals surface area contributed by atoms with Crippen molar-refractivity contribution in [1.29, 1.82) is 15.8 Å². The molecule has 0 amide bonds. The van der Waals surface area contributed by atoms with Crippen molar-refractivity contribution in [3.05, 3.63) is 22.9 Å². The van der Waals surface area contributed by atoms with Crippen molar-refractivity contribution in [3.8, 4) is 18.2 Å². The number of fused-ring (bicyclic) bond motifs is 1. The molecule has 108 valence electrons. The molecular formula is C17H20N4. The van der Waals surface area contributed by atoms with Gasteiger partial charge in [0.15, 0.2) is 5.41 Å². The number of nitriles is 3. The Morgan fingerprint density at radius 2 is 1.90 bits per heavy atom. The molecule has 0 aromatic heterocycles. The predicted molar refractivity (Wildman–Crippen MR) is 78.8 cm³/mol. The molecule has 0 radical (unpaired) electrons. The van der Waals surface area contributed by atoms with Gasteiger partial charge < -0.3 is 5.73 Å². The molecule has 0 heterocycles. The maximum absolute atomic E-state index is 9.69. The first-order valence-corrected chi connectivity index (χ1v) is 7.36. The number of rotatable bonds is 1. The van der Waals surface area contributed by atoms with Crippen LogP contribution in [0.3, 0.4) is 0 Å². The highest BCUT2D eigenvalue weighted by Gasteiger charge is 2.54. The van der Waals surface area contributed by atoms with Gasteiger partial charge in [-0.15, -0.1) is 0 Å². The summed E-state index contributed by atoms with van der Waals surface area (Å²) in [5.74, 6) is 0.532. The first kappa shape index (κ1) is 15.1. The average molecular weight is 280 g/mol. The second-order valence-electron chi connectivity index (χ2n) is 6.54. The Labute approximate surface area is 126 Å². The molecule has 4 nitrogen and oxygen atoms in total. The van der Waals surface area contributed by atoms with E-state index in [0.717, 1.165) is 18.4 Å². The monoisotopic (exact) mass is 280 g/mol. The van der Waals surface area contributed by atoms with Gasteiger partial charge in [-0.1, -0.05) is 26.8 Å². The quantitative estimate of drug-likeness (QED) is 0.798. The van der Waals surface area contributed by atoms with Crippen LogP contribution in [-0.2, 0) is 0 Å². The van der Waals surface area contributed by atoms with E-state index in [4.69, 9.17) is 5.73 Å². The van der Waals surface area contributed by atoms with Crippen molar-refractivity contribution >= 4 is 0 Å². The lowest BCUT2D eigenvalue weighted by Crippen LogP contribution is -2.47. The van der Waals surface area contributed by atoms with Crippen LogP contribution >= 0.6 is 0 Å². The number of allylic oxidation sites excluding steroid dienone is 4. The molecule has 21 heavy (non-hydrogen) atoms. The van der Waals surface area contributed by atoms with Gasteiger partial charge in [0.25, 0.3) is 0 Å². The highest BCUT2D eigenvalue weighted by Crippen LogP contribution is 2.54. The molecule has 0 aliphatic heterocycles. The SMILES string of the molecule is CC1CC=C2C(C#N)=C(N)C(C#N)(C#N)C(C(C)C)C2C1. The summed E-state index contributed by atoms with van der Waals surface area (Å²) < 4.78 is 0. The van der Waals surface area contributed by atoms with E-state index in [1.807, 2.05) is 13.8 Å². The standard InChI is InChI=1S/C17H20N4/c1-10(2)15-13-6-11(3)4-5-12(13)14(7-18)16(21)17(15,8-19)9-20/h5,10-11,13,15H,4,6,21H2,1-3H3. The van der Waals surface area contributed by atoms with Gasteiger partial charge in [0.05, 0.1) is 23.4 Å². The van der Waals surface area contributed by atoms with Gasteiger partial charge >= 0.3 is 0 Å². The van der Waals surface area contributed by atoms with Crippen LogP contribution < -0.4 is 5.73 Å². The molecule has 0 aromatic rings. The van der Waals surface area contributed by atoms with Gasteiger partial charge in [-0.2, -0.15) is 15.8 Å². The number of nitrogens with zero attached hydrogens (tertiary/aromatic N) is 3. The Morgan fingerprint density at radius 3 is 2.38 bits per heavy atom. The van der Waals surface area contributed by atoms with Crippen molar-refractivity contribution < 1.29 is 0 Å². The smallest absolute Gasteiger partial charge is 0.187 e. The topological polar surface area (TPSA) is 97.4 Å². The van der Waals surface area contributed by atoms with Crippen LogP contribution in [-0.4, -0.2) is 0 Å². The van der Waals surface area contributed by atoms with Gasteiger partial charge in [-0.05, 0) is 36.2 Å². The summed E-state index contributed by atoms with van der Waals surface area (Å²) in [6, 6.07) is 6.41. The zero-order valence-electron chi connectivity index (χ0n) is 12.7. The second kappa shape index (κ2) is 5.27. The summed E-state index contributed by atoms with van der Waals surface area (Å²) in [6.07, 6.45) is 3.90. The Kier molecular flexibility index (Phi) is 3.80. The molecular weight excluding hydrogens is 260 g/mol. The van der Waals surface area contributed by atoms with Crippen LogP contribution in [0.2, 0.25) is 0 Å². The third-order valence-electron chi connectivity index (χ3n) is 4.89. The first-order chi connectivity index (χ1) is 9.92. The highest BCUT2D eigenvalue weighted by molar-refractivity contribution is 5.56. The minimum atomic E-state index is -1.39. The summed E-state index contributed by atoms with van der Waals surface area (Å²) in [5.41, 5.74) is 6.19. The lowest BCUT2D eigenvalue weighted by Gasteiger charge is -2.46. The van der Waals surface area contributed by atoms with E-state index in [1.165, 1.54) is 0 Å². The van der Waals surface area contributed by atoms with E-state index >= 15 is 0 Å². The molecule has 4 heteroatoms. The number of nitrogens with two attached hydrogens (primary N) is 1. The summed E-state index contributed by atoms with van der Waals surface area (Å²) in [5, 5.41) is 28.8. The van der Waals surface area contributed by atoms with Crippen molar-refractivity contribution in [3.63, 3.8) is 0 Å².